The van der Waals surface area contributed by atoms with Crippen LogP contribution in [0.15, 0.2) is 18.2 Å². The van der Waals surface area contributed by atoms with E-state index in [1.165, 1.54) is 0 Å². The van der Waals surface area contributed by atoms with Crippen molar-refractivity contribution < 1.29 is 14.4 Å². The molecule has 0 radical (unpaired) electrons. The number of nitrogens with one attached hydrogen (secondary N) is 2. The van der Waals surface area contributed by atoms with E-state index in [0.717, 1.165) is 41.3 Å². The third-order valence-electron chi connectivity index (χ3n) is 6.07. The number of hydrogen-bond donors (Lipinski definition) is 2. The van der Waals surface area contributed by atoms with Crippen LogP contribution in [0.1, 0.15) is 57.6 Å². The van der Waals surface area contributed by atoms with Crippen LogP contribution in [0, 0.1) is 12.8 Å². The maximum absolute atomic E-state index is 13.1. The lowest BCUT2D eigenvalue weighted by Crippen LogP contribution is -2.55. The molecular weight excluding hydrogens is 380 g/mol. The Morgan fingerprint density at radius 1 is 1.17 bits per heavy atom. The number of para-hydroxylation sites is 1. The van der Waals surface area contributed by atoms with E-state index in [1.807, 2.05) is 25.1 Å². The SMILES string of the molecule is Cc1cccc(C(C)C)c1NC(=O)CN1C(=O)NC2(CCN(CC(C)C)CC2)C1=O. The fourth-order valence-corrected chi connectivity index (χ4v) is 4.46. The molecule has 30 heavy (non-hydrogen) atoms. The molecule has 7 heteroatoms. The van der Waals surface area contributed by atoms with Gasteiger partial charge in [0.15, 0.2) is 0 Å². The molecule has 3 rings (SSSR count). The van der Waals surface area contributed by atoms with E-state index in [0.29, 0.717) is 18.8 Å². The van der Waals surface area contributed by atoms with Gasteiger partial charge in [-0.3, -0.25) is 14.5 Å². The van der Waals surface area contributed by atoms with Crippen molar-refractivity contribution in [3.8, 4) is 0 Å². The first-order chi connectivity index (χ1) is 14.1. The number of likely N-dealkylation sites (tertiary alicyclic amines) is 1. The van der Waals surface area contributed by atoms with Crippen LogP contribution < -0.4 is 10.6 Å². The van der Waals surface area contributed by atoms with Gasteiger partial charge in [-0.05, 0) is 42.7 Å². The molecule has 2 heterocycles. The summed E-state index contributed by atoms with van der Waals surface area (Å²) in [5.74, 6) is 0.172. The molecule has 0 unspecified atom stereocenters. The Bertz CT molecular complexity index is 826. The van der Waals surface area contributed by atoms with Crippen LogP contribution in [-0.2, 0) is 9.59 Å². The number of amides is 4. The largest absolute Gasteiger partial charge is 0.325 e. The number of urea groups is 1. The van der Waals surface area contributed by atoms with Crippen molar-refractivity contribution in [2.75, 3.05) is 31.5 Å². The molecule has 1 aromatic carbocycles. The molecule has 0 atom stereocenters. The summed E-state index contributed by atoms with van der Waals surface area (Å²) in [4.78, 5) is 41.8. The highest BCUT2D eigenvalue weighted by atomic mass is 16.2. The molecule has 1 aromatic rings. The van der Waals surface area contributed by atoms with Gasteiger partial charge in [-0.25, -0.2) is 4.79 Å². The molecule has 2 saturated heterocycles. The predicted molar refractivity (Wildman–Crippen MR) is 117 cm³/mol. The Balaban J connectivity index is 1.66. The molecule has 164 valence electrons. The van der Waals surface area contributed by atoms with E-state index in [4.69, 9.17) is 0 Å². The third-order valence-corrected chi connectivity index (χ3v) is 6.07. The molecule has 1 spiro atoms. The number of rotatable bonds is 6. The number of imide groups is 1. The summed E-state index contributed by atoms with van der Waals surface area (Å²) in [7, 11) is 0. The highest BCUT2D eigenvalue weighted by Gasteiger charge is 2.52. The second-order valence-corrected chi connectivity index (χ2v) is 9.34. The van der Waals surface area contributed by atoms with Crippen LogP contribution in [-0.4, -0.2) is 59.4 Å². The summed E-state index contributed by atoms with van der Waals surface area (Å²) < 4.78 is 0. The predicted octanol–water partition coefficient (Wildman–Crippen LogP) is 3.10. The van der Waals surface area contributed by atoms with Crippen molar-refractivity contribution in [1.82, 2.24) is 15.1 Å². The van der Waals surface area contributed by atoms with Crippen molar-refractivity contribution in [3.63, 3.8) is 0 Å². The van der Waals surface area contributed by atoms with Gasteiger partial charge in [0.05, 0.1) is 0 Å². The summed E-state index contributed by atoms with van der Waals surface area (Å²) in [6, 6.07) is 5.42. The monoisotopic (exact) mass is 414 g/mol. The quantitative estimate of drug-likeness (QED) is 0.701. The summed E-state index contributed by atoms with van der Waals surface area (Å²) in [6.07, 6.45) is 1.16. The Labute approximate surface area is 179 Å². The molecule has 0 aliphatic carbocycles. The van der Waals surface area contributed by atoms with Crippen molar-refractivity contribution in [1.29, 1.82) is 0 Å². The van der Waals surface area contributed by atoms with Gasteiger partial charge in [0.1, 0.15) is 12.1 Å². The minimum absolute atomic E-state index is 0.246. The normalized spacial score (nSPS) is 19.1. The highest BCUT2D eigenvalue weighted by molar-refractivity contribution is 6.10. The lowest BCUT2D eigenvalue weighted by Gasteiger charge is -2.37. The first kappa shape index (κ1) is 22.3. The Hall–Kier alpha value is -2.41. The minimum atomic E-state index is -0.864. The van der Waals surface area contributed by atoms with Crippen LogP contribution in [0.25, 0.3) is 0 Å². The average Bonchev–Trinajstić information content (AvgIpc) is 2.89. The fraction of sp³-hybridized carbons (Fsp3) is 0.609. The van der Waals surface area contributed by atoms with Gasteiger partial charge < -0.3 is 15.5 Å². The maximum Gasteiger partial charge on any atom is 0.325 e. The van der Waals surface area contributed by atoms with Crippen LogP contribution in [0.4, 0.5) is 10.5 Å². The number of hydrogen-bond acceptors (Lipinski definition) is 4. The molecule has 2 aliphatic rings. The third kappa shape index (κ3) is 4.51. The zero-order valence-corrected chi connectivity index (χ0v) is 18.7. The van der Waals surface area contributed by atoms with Gasteiger partial charge in [-0.1, -0.05) is 45.9 Å². The molecule has 0 saturated carbocycles. The van der Waals surface area contributed by atoms with Crippen molar-refractivity contribution in [2.24, 2.45) is 5.92 Å². The van der Waals surface area contributed by atoms with Crippen molar-refractivity contribution in [3.05, 3.63) is 29.3 Å². The molecule has 2 N–H and O–H groups in total. The van der Waals surface area contributed by atoms with Crippen molar-refractivity contribution in [2.45, 2.75) is 58.9 Å². The van der Waals surface area contributed by atoms with Gasteiger partial charge in [0, 0.05) is 25.3 Å². The van der Waals surface area contributed by atoms with Crippen LogP contribution in [0.5, 0.6) is 0 Å². The summed E-state index contributed by atoms with van der Waals surface area (Å²) in [5, 5.41) is 5.81. The number of carbonyl (C=O) groups is 3. The van der Waals surface area contributed by atoms with Gasteiger partial charge in [-0.2, -0.15) is 0 Å². The number of nitrogens with zero attached hydrogens (tertiary/aromatic N) is 2. The summed E-state index contributed by atoms with van der Waals surface area (Å²) >= 11 is 0. The topological polar surface area (TPSA) is 81.8 Å². The van der Waals surface area contributed by atoms with Crippen LogP contribution in [0.2, 0.25) is 0 Å². The minimum Gasteiger partial charge on any atom is -0.324 e. The van der Waals surface area contributed by atoms with Gasteiger partial charge >= 0.3 is 6.03 Å². The fourth-order valence-electron chi connectivity index (χ4n) is 4.46. The summed E-state index contributed by atoms with van der Waals surface area (Å²) in [5.41, 5.74) is 1.90. The molecule has 7 nitrogen and oxygen atoms in total. The van der Waals surface area contributed by atoms with Crippen molar-refractivity contribution >= 4 is 23.5 Å². The van der Waals surface area contributed by atoms with E-state index in [-0.39, 0.29) is 24.3 Å². The lowest BCUT2D eigenvalue weighted by molar-refractivity contribution is -0.135. The highest BCUT2D eigenvalue weighted by Crippen LogP contribution is 2.30. The molecule has 2 fully saturated rings. The molecule has 0 bridgehead atoms. The summed E-state index contributed by atoms with van der Waals surface area (Å²) in [6.45, 7) is 12.7. The van der Waals surface area contributed by atoms with Gasteiger partial charge in [0.2, 0.25) is 5.91 Å². The average molecular weight is 415 g/mol. The number of carbonyl (C=O) groups excluding carboxylic acids is 3. The standard InChI is InChI=1S/C23H34N4O3/c1-15(2)13-26-11-9-23(10-12-26)21(29)27(22(30)25-23)14-19(28)24-20-17(5)7-6-8-18(20)16(3)4/h6-8,15-16H,9-14H2,1-5H3,(H,24,28)(H,25,30). The second-order valence-electron chi connectivity index (χ2n) is 9.34. The Morgan fingerprint density at radius 2 is 1.83 bits per heavy atom. The molecule has 4 amide bonds. The second kappa shape index (κ2) is 8.76. The van der Waals surface area contributed by atoms with Crippen LogP contribution >= 0.6 is 0 Å². The van der Waals surface area contributed by atoms with E-state index in [1.54, 1.807) is 0 Å². The zero-order valence-electron chi connectivity index (χ0n) is 18.7. The van der Waals surface area contributed by atoms with Gasteiger partial charge in [0.25, 0.3) is 5.91 Å². The Morgan fingerprint density at radius 3 is 2.43 bits per heavy atom. The number of piperidine rings is 1. The van der Waals surface area contributed by atoms with Crippen LogP contribution in [0.3, 0.4) is 0 Å². The lowest BCUT2D eigenvalue weighted by atomic mass is 9.87. The van der Waals surface area contributed by atoms with Gasteiger partial charge in [-0.15, -0.1) is 0 Å². The van der Waals surface area contributed by atoms with E-state index in [2.05, 4.69) is 43.2 Å². The smallest absolute Gasteiger partial charge is 0.324 e. The number of aryl methyl sites for hydroxylation is 1. The van der Waals surface area contributed by atoms with E-state index >= 15 is 0 Å². The molecular formula is C23H34N4O3. The Kier molecular flexibility index (Phi) is 6.50. The van der Waals surface area contributed by atoms with E-state index < -0.39 is 11.6 Å². The first-order valence-corrected chi connectivity index (χ1v) is 10.9. The molecule has 0 aromatic heterocycles. The first-order valence-electron chi connectivity index (χ1n) is 10.9. The number of benzene rings is 1. The number of anilines is 1. The zero-order chi connectivity index (χ0) is 22.1. The molecule has 2 aliphatic heterocycles. The maximum atomic E-state index is 13.1. The van der Waals surface area contributed by atoms with E-state index in [9.17, 15) is 14.4 Å².